The molecule has 0 spiro atoms. The van der Waals surface area contributed by atoms with Gasteiger partial charge in [-0.05, 0) is 34.4 Å². The van der Waals surface area contributed by atoms with Gasteiger partial charge in [-0.1, -0.05) is 0 Å². The van der Waals surface area contributed by atoms with E-state index in [4.69, 9.17) is 0 Å². The smallest absolute Gasteiger partial charge is 0.236 e. The lowest BCUT2D eigenvalue weighted by Crippen LogP contribution is -2.45. The van der Waals surface area contributed by atoms with Crippen LogP contribution in [0.5, 0.6) is 0 Å². The Hall–Kier alpha value is -0.650. The van der Waals surface area contributed by atoms with Gasteiger partial charge >= 0.3 is 0 Å². The van der Waals surface area contributed by atoms with Gasteiger partial charge < -0.3 is 14.9 Å². The van der Waals surface area contributed by atoms with Gasteiger partial charge in [0.15, 0.2) is 0 Å². The van der Waals surface area contributed by atoms with Crippen LogP contribution in [0.15, 0.2) is 0 Å². The van der Waals surface area contributed by atoms with E-state index in [9.17, 15) is 9.90 Å². The third kappa shape index (κ3) is 4.23. The van der Waals surface area contributed by atoms with Gasteiger partial charge in [0.25, 0.3) is 0 Å². The second-order valence-corrected chi connectivity index (χ2v) is 5.30. The highest BCUT2D eigenvalue weighted by Crippen LogP contribution is 2.18. The number of carbonyl (C=O) groups excluding carboxylic acids is 1. The van der Waals surface area contributed by atoms with Crippen LogP contribution in [0.2, 0.25) is 0 Å². The maximum Gasteiger partial charge on any atom is 0.236 e. The van der Waals surface area contributed by atoms with Crippen LogP contribution in [0.1, 0.15) is 20.3 Å². The van der Waals surface area contributed by atoms with E-state index >= 15 is 0 Å². The predicted octanol–water partition coefficient (Wildman–Crippen LogP) is -0.148. The van der Waals surface area contributed by atoms with E-state index in [0.717, 1.165) is 26.1 Å². The van der Waals surface area contributed by atoms with Crippen molar-refractivity contribution in [3.63, 3.8) is 0 Å². The highest BCUT2D eigenvalue weighted by atomic mass is 16.3. The van der Waals surface area contributed by atoms with Gasteiger partial charge in [-0.3, -0.25) is 9.69 Å². The monoisotopic (exact) mass is 257 g/mol. The Morgan fingerprint density at radius 3 is 2.44 bits per heavy atom. The molecule has 1 N–H and O–H groups in total. The first-order chi connectivity index (χ1) is 8.47. The minimum atomic E-state index is -0.292. The zero-order valence-corrected chi connectivity index (χ0v) is 12.1. The summed E-state index contributed by atoms with van der Waals surface area (Å²) in [6.07, 6.45) is 0.475. The molecule has 0 aromatic rings. The molecule has 0 aromatic carbocycles. The van der Waals surface area contributed by atoms with Crippen LogP contribution >= 0.6 is 0 Å². The summed E-state index contributed by atoms with van der Waals surface area (Å²) < 4.78 is 0. The molecule has 1 aliphatic rings. The Morgan fingerprint density at radius 1 is 1.33 bits per heavy atom. The molecule has 1 rings (SSSR count). The lowest BCUT2D eigenvalue weighted by molar-refractivity contribution is -0.132. The second kappa shape index (κ2) is 7.07. The minimum absolute atomic E-state index is 0.165. The fourth-order valence-electron chi connectivity index (χ4n) is 2.61. The number of rotatable bonds is 6. The number of likely N-dealkylation sites (tertiary alicyclic amines) is 1. The summed E-state index contributed by atoms with van der Waals surface area (Å²) in [7, 11) is 4.05. The van der Waals surface area contributed by atoms with Gasteiger partial charge in [0.05, 0.1) is 12.6 Å². The molecule has 5 heteroatoms. The van der Waals surface area contributed by atoms with Crippen molar-refractivity contribution < 1.29 is 9.90 Å². The highest BCUT2D eigenvalue weighted by molar-refractivity contribution is 5.78. The summed E-state index contributed by atoms with van der Waals surface area (Å²) in [5.41, 5.74) is 0. The molecule has 2 atom stereocenters. The van der Waals surface area contributed by atoms with Gasteiger partial charge in [-0.25, -0.2) is 0 Å². The largest absolute Gasteiger partial charge is 0.392 e. The Morgan fingerprint density at radius 2 is 1.94 bits per heavy atom. The Kier molecular flexibility index (Phi) is 6.05. The van der Waals surface area contributed by atoms with Crippen LogP contribution in [0, 0.1) is 0 Å². The molecule has 1 saturated heterocycles. The van der Waals surface area contributed by atoms with Gasteiger partial charge in [-0.2, -0.15) is 0 Å². The average molecular weight is 257 g/mol. The van der Waals surface area contributed by atoms with E-state index in [1.807, 2.05) is 32.8 Å². The number of hydrogen-bond acceptors (Lipinski definition) is 4. The zero-order chi connectivity index (χ0) is 13.7. The summed E-state index contributed by atoms with van der Waals surface area (Å²) >= 11 is 0. The lowest BCUT2D eigenvalue weighted by atomic mass is 10.2. The van der Waals surface area contributed by atoms with Crippen LogP contribution in [-0.2, 0) is 4.79 Å². The molecule has 0 radical (unpaired) electrons. The van der Waals surface area contributed by atoms with E-state index in [2.05, 4.69) is 9.80 Å². The minimum Gasteiger partial charge on any atom is -0.392 e. The van der Waals surface area contributed by atoms with Crippen LogP contribution in [0.4, 0.5) is 0 Å². The maximum atomic E-state index is 12.1. The van der Waals surface area contributed by atoms with Gasteiger partial charge in [0.2, 0.25) is 5.91 Å². The molecule has 2 unspecified atom stereocenters. The molecule has 0 aliphatic carbocycles. The van der Waals surface area contributed by atoms with Crippen molar-refractivity contribution in [3.8, 4) is 0 Å². The maximum absolute atomic E-state index is 12.1. The average Bonchev–Trinajstić information content (AvgIpc) is 2.59. The van der Waals surface area contributed by atoms with Gasteiger partial charge in [-0.15, -0.1) is 0 Å². The number of hydrogen-bond donors (Lipinski definition) is 1. The number of aliphatic hydroxyl groups excluding tert-OH is 1. The molecule has 1 fully saturated rings. The fourth-order valence-corrected chi connectivity index (χ4v) is 2.61. The van der Waals surface area contributed by atoms with Crippen LogP contribution in [0.25, 0.3) is 0 Å². The van der Waals surface area contributed by atoms with Crippen molar-refractivity contribution in [2.75, 3.05) is 46.8 Å². The van der Waals surface area contributed by atoms with Crippen molar-refractivity contribution in [3.05, 3.63) is 0 Å². The number of likely N-dealkylation sites (N-methyl/N-ethyl adjacent to an activating group) is 2. The molecule has 106 valence electrons. The van der Waals surface area contributed by atoms with Gasteiger partial charge in [0, 0.05) is 32.2 Å². The zero-order valence-electron chi connectivity index (χ0n) is 12.1. The normalized spacial score (nSPS) is 24.8. The van der Waals surface area contributed by atoms with Crippen molar-refractivity contribution in [1.29, 1.82) is 0 Å². The van der Waals surface area contributed by atoms with Crippen molar-refractivity contribution >= 4 is 5.91 Å². The van der Waals surface area contributed by atoms with Crippen molar-refractivity contribution in [2.45, 2.75) is 32.4 Å². The van der Waals surface area contributed by atoms with Crippen molar-refractivity contribution in [1.82, 2.24) is 14.7 Å². The first-order valence-electron chi connectivity index (χ1n) is 6.82. The topological polar surface area (TPSA) is 47.0 Å². The van der Waals surface area contributed by atoms with Gasteiger partial charge in [0.1, 0.15) is 0 Å². The Balaban J connectivity index is 2.55. The van der Waals surface area contributed by atoms with E-state index in [-0.39, 0.29) is 18.1 Å². The lowest BCUT2D eigenvalue weighted by Gasteiger charge is -2.28. The quantitative estimate of drug-likeness (QED) is 0.719. The van der Waals surface area contributed by atoms with Crippen LogP contribution < -0.4 is 0 Å². The molecule has 5 nitrogen and oxygen atoms in total. The highest BCUT2D eigenvalue weighted by Gasteiger charge is 2.32. The summed E-state index contributed by atoms with van der Waals surface area (Å²) in [4.78, 5) is 18.2. The van der Waals surface area contributed by atoms with E-state index < -0.39 is 0 Å². The molecule has 1 heterocycles. The molecule has 0 saturated carbocycles. The third-order valence-corrected chi connectivity index (χ3v) is 3.54. The van der Waals surface area contributed by atoms with Crippen LogP contribution in [0.3, 0.4) is 0 Å². The molecular formula is C13H27N3O2. The molecule has 18 heavy (non-hydrogen) atoms. The Bertz CT molecular complexity index is 267. The summed E-state index contributed by atoms with van der Waals surface area (Å²) in [5.74, 6) is 0.165. The fraction of sp³-hybridized carbons (Fsp3) is 0.923. The van der Waals surface area contributed by atoms with E-state index in [1.165, 1.54) is 0 Å². The standard InChI is InChI=1S/C13H27N3O2/c1-5-15(6-2)13(18)10-16-9-12(17)7-11(16)8-14(3)4/h11-12,17H,5-10H2,1-4H3. The Labute approximate surface area is 110 Å². The number of aliphatic hydroxyl groups is 1. The first-order valence-corrected chi connectivity index (χ1v) is 6.82. The molecular weight excluding hydrogens is 230 g/mol. The third-order valence-electron chi connectivity index (χ3n) is 3.54. The summed E-state index contributed by atoms with van der Waals surface area (Å²) in [5, 5.41) is 9.76. The summed E-state index contributed by atoms with van der Waals surface area (Å²) in [6.45, 7) is 7.44. The van der Waals surface area contributed by atoms with E-state index in [0.29, 0.717) is 13.1 Å². The number of carbonyl (C=O) groups is 1. The molecule has 1 aliphatic heterocycles. The van der Waals surface area contributed by atoms with E-state index in [1.54, 1.807) is 0 Å². The number of β-amino-alcohol motifs (C(OH)–C–C–N with tert-alkyl or cyclic N) is 1. The van der Waals surface area contributed by atoms with Crippen LogP contribution in [-0.4, -0.2) is 84.7 Å². The molecule has 1 amide bonds. The second-order valence-electron chi connectivity index (χ2n) is 5.30. The summed E-state index contributed by atoms with van der Waals surface area (Å²) in [6, 6.07) is 0.287. The predicted molar refractivity (Wildman–Crippen MR) is 72.5 cm³/mol. The molecule has 0 aromatic heterocycles. The first kappa shape index (κ1) is 15.4. The number of nitrogens with zero attached hydrogens (tertiary/aromatic N) is 3. The molecule has 0 bridgehead atoms. The van der Waals surface area contributed by atoms with Crippen molar-refractivity contribution in [2.24, 2.45) is 0 Å². The number of amides is 1. The SMILES string of the molecule is CCN(CC)C(=O)CN1CC(O)CC1CN(C)C.